The van der Waals surface area contributed by atoms with Crippen molar-refractivity contribution in [1.29, 1.82) is 0 Å². The third-order valence-corrected chi connectivity index (χ3v) is 3.37. The van der Waals surface area contributed by atoms with Crippen LogP contribution in [0.25, 0.3) is 0 Å². The SMILES string of the molecule is CC(C)c1ccc(CNc2ccc(Cl)c(F)c2)cc1. The molecule has 0 spiro atoms. The van der Waals surface area contributed by atoms with E-state index in [1.54, 1.807) is 12.1 Å². The summed E-state index contributed by atoms with van der Waals surface area (Å²) in [5.74, 6) is 0.134. The van der Waals surface area contributed by atoms with Crippen molar-refractivity contribution in [3.8, 4) is 0 Å². The second-order valence-corrected chi connectivity index (χ2v) is 5.29. The highest BCUT2D eigenvalue weighted by atomic mass is 35.5. The lowest BCUT2D eigenvalue weighted by atomic mass is 10.0. The molecule has 0 aliphatic heterocycles. The number of nitrogens with one attached hydrogen (secondary N) is 1. The maximum absolute atomic E-state index is 13.3. The van der Waals surface area contributed by atoms with Crippen molar-refractivity contribution >= 4 is 17.3 Å². The van der Waals surface area contributed by atoms with Gasteiger partial charge < -0.3 is 5.32 Å². The van der Waals surface area contributed by atoms with E-state index in [4.69, 9.17) is 11.6 Å². The molecule has 0 saturated heterocycles. The van der Waals surface area contributed by atoms with Gasteiger partial charge in [-0.05, 0) is 35.2 Å². The fourth-order valence-electron chi connectivity index (χ4n) is 1.83. The zero-order valence-electron chi connectivity index (χ0n) is 11.1. The molecule has 0 aliphatic rings. The molecule has 3 heteroatoms. The second kappa shape index (κ2) is 6.07. The van der Waals surface area contributed by atoms with E-state index in [9.17, 15) is 4.39 Å². The van der Waals surface area contributed by atoms with E-state index >= 15 is 0 Å². The lowest BCUT2D eigenvalue weighted by Gasteiger charge is -2.09. The molecule has 1 nitrogen and oxygen atoms in total. The van der Waals surface area contributed by atoms with Gasteiger partial charge in [-0.2, -0.15) is 0 Å². The van der Waals surface area contributed by atoms with Gasteiger partial charge in [0, 0.05) is 12.2 Å². The monoisotopic (exact) mass is 277 g/mol. The first-order valence-corrected chi connectivity index (χ1v) is 6.72. The highest BCUT2D eigenvalue weighted by molar-refractivity contribution is 6.30. The normalized spacial score (nSPS) is 10.8. The minimum absolute atomic E-state index is 0.145. The zero-order valence-corrected chi connectivity index (χ0v) is 11.8. The van der Waals surface area contributed by atoms with Gasteiger partial charge in [-0.3, -0.25) is 0 Å². The van der Waals surface area contributed by atoms with Crippen LogP contribution < -0.4 is 5.32 Å². The van der Waals surface area contributed by atoms with Crippen LogP contribution in [-0.2, 0) is 6.54 Å². The maximum atomic E-state index is 13.3. The van der Waals surface area contributed by atoms with Crippen LogP contribution in [-0.4, -0.2) is 0 Å². The van der Waals surface area contributed by atoms with Crippen LogP contribution in [0.4, 0.5) is 10.1 Å². The van der Waals surface area contributed by atoms with Crippen molar-refractivity contribution in [3.63, 3.8) is 0 Å². The summed E-state index contributed by atoms with van der Waals surface area (Å²) in [5.41, 5.74) is 3.22. The summed E-state index contributed by atoms with van der Waals surface area (Å²) < 4.78 is 13.3. The average Bonchev–Trinajstić information content (AvgIpc) is 2.40. The van der Waals surface area contributed by atoms with Crippen LogP contribution in [0, 0.1) is 5.82 Å². The Hall–Kier alpha value is -1.54. The molecular formula is C16H17ClFN. The molecule has 0 radical (unpaired) electrons. The van der Waals surface area contributed by atoms with Crippen LogP contribution >= 0.6 is 11.6 Å². The molecule has 2 aromatic carbocycles. The molecule has 0 fully saturated rings. The summed E-state index contributed by atoms with van der Waals surface area (Å²) in [6, 6.07) is 13.2. The Morgan fingerprint density at radius 1 is 1.11 bits per heavy atom. The van der Waals surface area contributed by atoms with E-state index in [-0.39, 0.29) is 5.02 Å². The first-order chi connectivity index (χ1) is 9.06. The number of hydrogen-bond donors (Lipinski definition) is 1. The Balaban J connectivity index is 2.00. The molecule has 19 heavy (non-hydrogen) atoms. The van der Waals surface area contributed by atoms with Crippen molar-refractivity contribution in [2.75, 3.05) is 5.32 Å². The second-order valence-electron chi connectivity index (χ2n) is 4.88. The number of rotatable bonds is 4. The van der Waals surface area contributed by atoms with Crippen molar-refractivity contribution in [2.45, 2.75) is 26.3 Å². The third-order valence-electron chi connectivity index (χ3n) is 3.06. The van der Waals surface area contributed by atoms with Gasteiger partial charge >= 0.3 is 0 Å². The minimum atomic E-state index is -0.401. The third kappa shape index (κ3) is 3.71. The molecule has 2 rings (SSSR count). The maximum Gasteiger partial charge on any atom is 0.143 e. The van der Waals surface area contributed by atoms with E-state index < -0.39 is 5.82 Å². The molecule has 0 saturated carbocycles. The van der Waals surface area contributed by atoms with Gasteiger partial charge in [-0.15, -0.1) is 0 Å². The van der Waals surface area contributed by atoms with Crippen molar-refractivity contribution in [1.82, 2.24) is 0 Å². The Morgan fingerprint density at radius 2 is 1.79 bits per heavy atom. The van der Waals surface area contributed by atoms with E-state index in [0.29, 0.717) is 12.5 Å². The van der Waals surface area contributed by atoms with E-state index in [0.717, 1.165) is 5.69 Å². The molecule has 0 unspecified atom stereocenters. The summed E-state index contributed by atoms with van der Waals surface area (Å²) in [4.78, 5) is 0. The number of benzene rings is 2. The van der Waals surface area contributed by atoms with Gasteiger partial charge in [0.15, 0.2) is 0 Å². The van der Waals surface area contributed by atoms with E-state index in [1.165, 1.54) is 17.2 Å². The van der Waals surface area contributed by atoms with E-state index in [2.05, 4.69) is 43.4 Å². The molecule has 0 heterocycles. The van der Waals surface area contributed by atoms with E-state index in [1.807, 2.05) is 0 Å². The van der Waals surface area contributed by atoms with Crippen LogP contribution in [0.1, 0.15) is 30.9 Å². The molecule has 0 bridgehead atoms. The Kier molecular flexibility index (Phi) is 4.43. The molecule has 2 aromatic rings. The van der Waals surface area contributed by atoms with Crippen molar-refractivity contribution in [2.24, 2.45) is 0 Å². The fourth-order valence-corrected chi connectivity index (χ4v) is 1.95. The minimum Gasteiger partial charge on any atom is -0.381 e. The first-order valence-electron chi connectivity index (χ1n) is 6.34. The van der Waals surface area contributed by atoms with Gasteiger partial charge in [-0.1, -0.05) is 49.7 Å². The predicted molar refractivity (Wildman–Crippen MR) is 79.3 cm³/mol. The molecule has 0 amide bonds. The molecule has 1 N–H and O–H groups in total. The Bertz CT molecular complexity index is 549. The van der Waals surface area contributed by atoms with Crippen LogP contribution in [0.2, 0.25) is 5.02 Å². The molecule has 0 aromatic heterocycles. The van der Waals surface area contributed by atoms with Gasteiger partial charge in [-0.25, -0.2) is 4.39 Å². The van der Waals surface area contributed by atoms with Gasteiger partial charge in [0.1, 0.15) is 5.82 Å². The van der Waals surface area contributed by atoms with Crippen molar-refractivity contribution < 1.29 is 4.39 Å². The molecule has 0 atom stereocenters. The Labute approximate surface area is 118 Å². The van der Waals surface area contributed by atoms with Crippen LogP contribution in [0.3, 0.4) is 0 Å². The summed E-state index contributed by atoms with van der Waals surface area (Å²) >= 11 is 5.64. The quantitative estimate of drug-likeness (QED) is 0.808. The molecular weight excluding hydrogens is 261 g/mol. The van der Waals surface area contributed by atoms with Crippen LogP contribution in [0.15, 0.2) is 42.5 Å². The van der Waals surface area contributed by atoms with Gasteiger partial charge in [0.2, 0.25) is 0 Å². The number of hydrogen-bond acceptors (Lipinski definition) is 1. The van der Waals surface area contributed by atoms with Gasteiger partial charge in [0.25, 0.3) is 0 Å². The fraction of sp³-hybridized carbons (Fsp3) is 0.250. The summed E-state index contributed by atoms with van der Waals surface area (Å²) in [6.07, 6.45) is 0. The average molecular weight is 278 g/mol. The van der Waals surface area contributed by atoms with Crippen molar-refractivity contribution in [3.05, 3.63) is 64.4 Å². The number of halogens is 2. The van der Waals surface area contributed by atoms with Gasteiger partial charge in [0.05, 0.1) is 5.02 Å². The molecule has 0 aliphatic carbocycles. The van der Waals surface area contributed by atoms with Crippen LogP contribution in [0.5, 0.6) is 0 Å². The largest absolute Gasteiger partial charge is 0.381 e. The zero-order chi connectivity index (χ0) is 13.8. The lowest BCUT2D eigenvalue weighted by molar-refractivity contribution is 0.628. The summed E-state index contributed by atoms with van der Waals surface area (Å²) in [7, 11) is 0. The summed E-state index contributed by atoms with van der Waals surface area (Å²) in [5, 5.41) is 3.32. The topological polar surface area (TPSA) is 12.0 Å². The predicted octanol–water partition coefficient (Wildman–Crippen LogP) is 5.21. The lowest BCUT2D eigenvalue weighted by Crippen LogP contribution is -2.00. The molecule has 100 valence electrons. The standard InChI is InChI=1S/C16H17ClFN/c1-11(2)13-5-3-12(4-6-13)10-19-14-7-8-15(17)16(18)9-14/h3-9,11,19H,10H2,1-2H3. The summed E-state index contributed by atoms with van der Waals surface area (Å²) in [6.45, 7) is 5.01. The first kappa shape index (κ1) is 13.9. The Morgan fingerprint density at radius 3 is 2.37 bits per heavy atom. The highest BCUT2D eigenvalue weighted by Crippen LogP contribution is 2.20. The smallest absolute Gasteiger partial charge is 0.143 e. The highest BCUT2D eigenvalue weighted by Gasteiger charge is 2.02. The number of anilines is 1.